The lowest BCUT2D eigenvalue weighted by Gasteiger charge is -2.35. The molecule has 0 radical (unpaired) electrons. The van der Waals surface area contributed by atoms with Gasteiger partial charge in [-0.15, -0.1) is 0 Å². The molecule has 36 heavy (non-hydrogen) atoms. The second-order valence-electron chi connectivity index (χ2n) is 10.1. The average Bonchev–Trinajstić information content (AvgIpc) is 2.86. The van der Waals surface area contributed by atoms with E-state index < -0.39 is 5.97 Å². The standard InChI is InChI=1S/C30H32N2O4/c1-19-13-23(15-22-9-5-4-6-10-22)29-25(14-19)28(24-11-7-8-12-26(24)31-29)30(34)35-18-27(33)32-16-20(2)36-21(3)17-32/h4-12,15,19-21H,13-14,16-18H2,1-3H3/b23-15-/t19-,20+,21+/m1/s1. The van der Waals surface area contributed by atoms with Crippen molar-refractivity contribution in [3.05, 3.63) is 77.0 Å². The van der Waals surface area contributed by atoms with Crippen LogP contribution in [0.25, 0.3) is 22.6 Å². The zero-order valence-corrected chi connectivity index (χ0v) is 21.1. The minimum atomic E-state index is -0.472. The smallest absolute Gasteiger partial charge is 0.339 e. The summed E-state index contributed by atoms with van der Waals surface area (Å²) in [6, 6.07) is 17.8. The van der Waals surface area contributed by atoms with Gasteiger partial charge < -0.3 is 14.4 Å². The number of amides is 1. The number of nitrogens with zero attached hydrogens (tertiary/aromatic N) is 2. The molecule has 5 rings (SSSR count). The number of carbonyl (C=O) groups is 2. The van der Waals surface area contributed by atoms with Crippen molar-refractivity contribution in [2.75, 3.05) is 19.7 Å². The van der Waals surface area contributed by atoms with Gasteiger partial charge in [-0.2, -0.15) is 0 Å². The molecule has 3 aromatic rings. The van der Waals surface area contributed by atoms with Crippen LogP contribution in [0.15, 0.2) is 54.6 Å². The van der Waals surface area contributed by atoms with Crippen molar-refractivity contribution in [2.45, 2.75) is 45.8 Å². The normalized spacial score (nSPS) is 22.9. The third-order valence-corrected chi connectivity index (χ3v) is 6.86. The molecule has 2 heterocycles. The number of allylic oxidation sites excluding steroid dienone is 1. The lowest BCUT2D eigenvalue weighted by atomic mass is 9.80. The summed E-state index contributed by atoms with van der Waals surface area (Å²) in [6.07, 6.45) is 3.70. The first-order valence-corrected chi connectivity index (χ1v) is 12.7. The predicted octanol–water partition coefficient (Wildman–Crippen LogP) is 5.15. The van der Waals surface area contributed by atoms with Gasteiger partial charge in [-0.25, -0.2) is 9.78 Å². The number of carbonyl (C=O) groups excluding carboxylic acids is 2. The maximum absolute atomic E-state index is 13.6. The number of hydrogen-bond acceptors (Lipinski definition) is 5. The number of fused-ring (bicyclic) bond motifs is 2. The van der Waals surface area contributed by atoms with E-state index >= 15 is 0 Å². The van der Waals surface area contributed by atoms with Crippen LogP contribution in [0.3, 0.4) is 0 Å². The van der Waals surface area contributed by atoms with Crippen molar-refractivity contribution in [3.8, 4) is 0 Å². The molecule has 0 bridgehead atoms. The molecule has 3 atom stereocenters. The van der Waals surface area contributed by atoms with E-state index in [1.807, 2.05) is 56.3 Å². The summed E-state index contributed by atoms with van der Waals surface area (Å²) in [5.41, 5.74) is 5.25. The fraction of sp³-hybridized carbons (Fsp3) is 0.367. The number of hydrogen-bond donors (Lipinski definition) is 0. The van der Waals surface area contributed by atoms with E-state index in [9.17, 15) is 9.59 Å². The minimum absolute atomic E-state index is 0.0409. The second kappa shape index (κ2) is 10.2. The van der Waals surface area contributed by atoms with Crippen molar-refractivity contribution in [3.63, 3.8) is 0 Å². The lowest BCUT2D eigenvalue weighted by Crippen LogP contribution is -2.49. The Labute approximate surface area is 211 Å². The zero-order valence-electron chi connectivity index (χ0n) is 21.1. The summed E-state index contributed by atoms with van der Waals surface area (Å²) in [6.45, 7) is 6.79. The second-order valence-corrected chi connectivity index (χ2v) is 10.1. The molecule has 1 fully saturated rings. The van der Waals surface area contributed by atoms with Crippen molar-refractivity contribution < 1.29 is 19.1 Å². The molecule has 6 heteroatoms. The van der Waals surface area contributed by atoms with E-state index in [0.29, 0.717) is 24.6 Å². The Bertz CT molecular complexity index is 1310. The first kappa shape index (κ1) is 24.2. The molecular formula is C30H32N2O4. The maximum Gasteiger partial charge on any atom is 0.339 e. The molecule has 0 N–H and O–H groups in total. The van der Waals surface area contributed by atoms with Gasteiger partial charge in [0.05, 0.1) is 29.0 Å². The van der Waals surface area contributed by atoms with E-state index in [1.165, 1.54) is 0 Å². The van der Waals surface area contributed by atoms with Crippen LogP contribution < -0.4 is 0 Å². The summed E-state index contributed by atoms with van der Waals surface area (Å²) in [5.74, 6) is -0.323. The number of benzene rings is 2. The largest absolute Gasteiger partial charge is 0.452 e. The highest BCUT2D eigenvalue weighted by Gasteiger charge is 2.30. The summed E-state index contributed by atoms with van der Waals surface area (Å²) >= 11 is 0. The number of aromatic nitrogens is 1. The molecule has 1 aliphatic carbocycles. The Hall–Kier alpha value is -3.51. The number of ether oxygens (including phenoxy) is 2. The Morgan fingerprint density at radius 2 is 1.69 bits per heavy atom. The molecule has 0 saturated carbocycles. The topological polar surface area (TPSA) is 68.7 Å². The fourth-order valence-corrected chi connectivity index (χ4v) is 5.39. The first-order valence-electron chi connectivity index (χ1n) is 12.7. The van der Waals surface area contributed by atoms with Crippen LogP contribution in [0, 0.1) is 5.92 Å². The van der Waals surface area contributed by atoms with Crippen molar-refractivity contribution in [1.82, 2.24) is 9.88 Å². The Morgan fingerprint density at radius 1 is 1.00 bits per heavy atom. The quantitative estimate of drug-likeness (QED) is 0.479. The molecule has 0 unspecified atom stereocenters. The van der Waals surface area contributed by atoms with Crippen molar-refractivity contribution >= 4 is 34.4 Å². The van der Waals surface area contributed by atoms with Gasteiger partial charge in [-0.3, -0.25) is 4.79 Å². The van der Waals surface area contributed by atoms with Crippen molar-refractivity contribution in [2.24, 2.45) is 5.92 Å². The number of esters is 1. The van der Waals surface area contributed by atoms with Crippen molar-refractivity contribution in [1.29, 1.82) is 0 Å². The summed E-state index contributed by atoms with van der Waals surface area (Å²) in [7, 11) is 0. The van der Waals surface area contributed by atoms with E-state index in [2.05, 4.69) is 25.1 Å². The molecule has 1 saturated heterocycles. The summed E-state index contributed by atoms with van der Waals surface area (Å²) in [4.78, 5) is 33.1. The molecule has 1 aliphatic heterocycles. The SMILES string of the molecule is C[C@@H]1C/C(=C/c2ccccc2)c2nc3ccccc3c(C(=O)OCC(=O)N3C[C@H](C)O[C@@H](C)C3)c2C1. The van der Waals surface area contributed by atoms with Crippen LogP contribution in [0.2, 0.25) is 0 Å². The molecular weight excluding hydrogens is 452 g/mol. The van der Waals surface area contributed by atoms with Crippen LogP contribution in [0.4, 0.5) is 0 Å². The van der Waals surface area contributed by atoms with Crippen LogP contribution in [0.1, 0.15) is 54.4 Å². The van der Waals surface area contributed by atoms with Gasteiger partial charge in [-0.1, -0.05) is 55.5 Å². The highest BCUT2D eigenvalue weighted by Crippen LogP contribution is 2.38. The highest BCUT2D eigenvalue weighted by molar-refractivity contribution is 6.07. The molecule has 1 aromatic heterocycles. The molecule has 1 amide bonds. The fourth-order valence-electron chi connectivity index (χ4n) is 5.39. The van der Waals surface area contributed by atoms with E-state index in [-0.39, 0.29) is 24.7 Å². The van der Waals surface area contributed by atoms with E-state index in [4.69, 9.17) is 14.5 Å². The highest BCUT2D eigenvalue weighted by atomic mass is 16.5. The Morgan fingerprint density at radius 3 is 2.44 bits per heavy atom. The summed E-state index contributed by atoms with van der Waals surface area (Å²) < 4.78 is 11.4. The molecule has 186 valence electrons. The number of morpholine rings is 1. The molecule has 0 spiro atoms. The van der Waals surface area contributed by atoms with Crippen LogP contribution in [0.5, 0.6) is 0 Å². The van der Waals surface area contributed by atoms with Gasteiger partial charge in [0.15, 0.2) is 6.61 Å². The predicted molar refractivity (Wildman–Crippen MR) is 140 cm³/mol. The van der Waals surface area contributed by atoms with Gasteiger partial charge in [0.1, 0.15) is 0 Å². The average molecular weight is 485 g/mol. The number of para-hydroxylation sites is 1. The van der Waals surface area contributed by atoms with Gasteiger partial charge in [0.25, 0.3) is 5.91 Å². The van der Waals surface area contributed by atoms with Gasteiger partial charge in [0, 0.05) is 18.5 Å². The lowest BCUT2D eigenvalue weighted by molar-refractivity contribution is -0.146. The van der Waals surface area contributed by atoms with Crippen LogP contribution in [-0.2, 0) is 20.7 Å². The summed E-state index contributed by atoms with van der Waals surface area (Å²) in [5, 5.41) is 0.760. The maximum atomic E-state index is 13.6. The van der Waals surface area contributed by atoms with Crippen LogP contribution >= 0.6 is 0 Å². The van der Waals surface area contributed by atoms with Gasteiger partial charge >= 0.3 is 5.97 Å². The third-order valence-electron chi connectivity index (χ3n) is 6.86. The van der Waals surface area contributed by atoms with E-state index in [1.54, 1.807) is 4.90 Å². The molecule has 2 aliphatic rings. The molecule has 6 nitrogen and oxygen atoms in total. The van der Waals surface area contributed by atoms with Gasteiger partial charge in [-0.05, 0) is 61.4 Å². The van der Waals surface area contributed by atoms with E-state index in [0.717, 1.165) is 46.1 Å². The number of pyridine rings is 1. The van der Waals surface area contributed by atoms with Crippen LogP contribution in [-0.4, -0.2) is 53.7 Å². The third kappa shape index (κ3) is 5.05. The monoisotopic (exact) mass is 484 g/mol. The Kier molecular flexibility index (Phi) is 6.88. The van der Waals surface area contributed by atoms with Gasteiger partial charge in [0.2, 0.25) is 0 Å². The molecule has 2 aromatic carbocycles. The zero-order chi connectivity index (χ0) is 25.2. The minimum Gasteiger partial charge on any atom is -0.452 e. The first-order chi connectivity index (χ1) is 17.4. The number of rotatable bonds is 4. The Balaban J connectivity index is 1.49.